The van der Waals surface area contributed by atoms with Gasteiger partial charge < -0.3 is 4.74 Å². The number of esters is 1. The van der Waals surface area contributed by atoms with Gasteiger partial charge >= 0.3 is 5.97 Å². The van der Waals surface area contributed by atoms with Gasteiger partial charge in [0.1, 0.15) is 0 Å². The maximum atomic E-state index is 11.5. The number of nitrogens with zero attached hydrogens (tertiary/aromatic N) is 1. The molecule has 0 amide bonds. The molecule has 0 unspecified atom stereocenters. The Morgan fingerprint density at radius 1 is 1.29 bits per heavy atom. The molecule has 0 saturated carbocycles. The van der Waals surface area contributed by atoms with E-state index in [1.807, 2.05) is 30.4 Å². The number of benzene rings is 1. The Bertz CT molecular complexity index is 530. The number of hydrogen-bond donors (Lipinski definition) is 1. The first-order valence-electron chi connectivity index (χ1n) is 5.16. The third-order valence-corrected chi connectivity index (χ3v) is 2.33. The van der Waals surface area contributed by atoms with E-state index in [0.29, 0.717) is 5.56 Å². The van der Waals surface area contributed by atoms with E-state index in [9.17, 15) is 4.79 Å². The van der Waals surface area contributed by atoms with Gasteiger partial charge in [-0.05, 0) is 23.8 Å². The predicted octanol–water partition coefficient (Wildman–Crippen LogP) is 2.37. The van der Waals surface area contributed by atoms with Crippen LogP contribution in [0.15, 0.2) is 36.5 Å². The lowest BCUT2D eigenvalue weighted by Gasteiger charge is -2.02. The summed E-state index contributed by atoms with van der Waals surface area (Å²) in [7, 11) is 1.37. The number of rotatable bonds is 3. The molecule has 0 atom stereocenters. The summed E-state index contributed by atoms with van der Waals surface area (Å²) in [5.74, 6) is -0.338. The zero-order valence-corrected chi connectivity index (χ0v) is 9.38. The average molecular weight is 228 g/mol. The lowest BCUT2D eigenvalue weighted by molar-refractivity contribution is 0.0600. The number of nitrogens with one attached hydrogen (secondary N) is 1. The molecule has 2 rings (SSSR count). The first kappa shape index (κ1) is 11.1. The fourth-order valence-electron chi connectivity index (χ4n) is 1.48. The van der Waals surface area contributed by atoms with E-state index in [2.05, 4.69) is 10.2 Å². The van der Waals surface area contributed by atoms with Gasteiger partial charge in [-0.3, -0.25) is 5.10 Å². The van der Waals surface area contributed by atoms with Crippen molar-refractivity contribution >= 4 is 18.1 Å². The third kappa shape index (κ3) is 2.60. The summed E-state index contributed by atoms with van der Waals surface area (Å²) in [5, 5.41) is 6.66. The Labute approximate surface area is 98.9 Å². The number of carbonyl (C=O) groups excluding carboxylic acids is 1. The van der Waals surface area contributed by atoms with Crippen LogP contribution in [0.1, 0.15) is 21.6 Å². The smallest absolute Gasteiger partial charge is 0.338 e. The standard InChI is InChI=1S/C13H12N2O2/c1-17-13(16)12-5-3-2-4-10(12)6-7-11-8-9-14-15-11/h2-9H,1H3,(H,14,15). The van der Waals surface area contributed by atoms with E-state index in [0.717, 1.165) is 11.3 Å². The van der Waals surface area contributed by atoms with Gasteiger partial charge in [-0.25, -0.2) is 4.79 Å². The Kier molecular flexibility index (Phi) is 3.35. The summed E-state index contributed by atoms with van der Waals surface area (Å²) in [6.45, 7) is 0. The molecule has 86 valence electrons. The average Bonchev–Trinajstić information content (AvgIpc) is 2.89. The van der Waals surface area contributed by atoms with Gasteiger partial charge in [0.15, 0.2) is 0 Å². The van der Waals surface area contributed by atoms with Crippen LogP contribution in [-0.2, 0) is 4.74 Å². The fraction of sp³-hybridized carbons (Fsp3) is 0.0769. The van der Waals surface area contributed by atoms with E-state index < -0.39 is 0 Å². The van der Waals surface area contributed by atoms with Crippen molar-refractivity contribution in [1.82, 2.24) is 10.2 Å². The monoisotopic (exact) mass is 228 g/mol. The highest BCUT2D eigenvalue weighted by atomic mass is 16.5. The molecule has 4 nitrogen and oxygen atoms in total. The third-order valence-electron chi connectivity index (χ3n) is 2.33. The molecule has 0 bridgehead atoms. The molecular weight excluding hydrogens is 216 g/mol. The minimum Gasteiger partial charge on any atom is -0.465 e. The summed E-state index contributed by atoms with van der Waals surface area (Å²) in [6.07, 6.45) is 5.38. The number of ether oxygens (including phenoxy) is 1. The molecule has 17 heavy (non-hydrogen) atoms. The summed E-state index contributed by atoms with van der Waals surface area (Å²) in [5.41, 5.74) is 2.24. The van der Waals surface area contributed by atoms with Crippen LogP contribution >= 0.6 is 0 Å². The van der Waals surface area contributed by atoms with Crippen molar-refractivity contribution in [1.29, 1.82) is 0 Å². The second-order valence-corrected chi connectivity index (χ2v) is 3.42. The Balaban J connectivity index is 2.29. The quantitative estimate of drug-likeness (QED) is 0.820. The predicted molar refractivity (Wildman–Crippen MR) is 65.3 cm³/mol. The van der Waals surface area contributed by atoms with Gasteiger partial charge in [-0.15, -0.1) is 0 Å². The van der Waals surface area contributed by atoms with Crippen molar-refractivity contribution in [3.8, 4) is 0 Å². The number of H-pyrrole nitrogens is 1. The van der Waals surface area contributed by atoms with Crippen molar-refractivity contribution in [2.24, 2.45) is 0 Å². The molecule has 0 aliphatic rings. The molecule has 1 aromatic carbocycles. The maximum absolute atomic E-state index is 11.5. The molecule has 1 aromatic heterocycles. The van der Waals surface area contributed by atoms with Crippen LogP contribution in [0.5, 0.6) is 0 Å². The number of aromatic nitrogens is 2. The van der Waals surface area contributed by atoms with Crippen LogP contribution < -0.4 is 0 Å². The Morgan fingerprint density at radius 2 is 2.12 bits per heavy atom. The van der Waals surface area contributed by atoms with Gasteiger partial charge in [0.25, 0.3) is 0 Å². The largest absolute Gasteiger partial charge is 0.465 e. The highest BCUT2D eigenvalue weighted by Crippen LogP contribution is 2.13. The number of aromatic amines is 1. The van der Waals surface area contributed by atoms with E-state index in [4.69, 9.17) is 4.74 Å². The molecule has 1 N–H and O–H groups in total. The van der Waals surface area contributed by atoms with E-state index in [1.54, 1.807) is 18.3 Å². The summed E-state index contributed by atoms with van der Waals surface area (Å²) >= 11 is 0. The molecule has 4 heteroatoms. The first-order chi connectivity index (χ1) is 8.31. The van der Waals surface area contributed by atoms with Gasteiger partial charge in [0.05, 0.1) is 18.4 Å². The summed E-state index contributed by atoms with van der Waals surface area (Å²) < 4.78 is 4.72. The van der Waals surface area contributed by atoms with Crippen LogP contribution in [0.25, 0.3) is 12.2 Å². The van der Waals surface area contributed by atoms with Gasteiger partial charge in [-0.2, -0.15) is 5.10 Å². The molecule has 2 aromatic rings. The van der Waals surface area contributed by atoms with Crippen molar-refractivity contribution in [2.75, 3.05) is 7.11 Å². The molecule has 0 radical (unpaired) electrons. The van der Waals surface area contributed by atoms with Crippen molar-refractivity contribution in [2.45, 2.75) is 0 Å². The Morgan fingerprint density at radius 3 is 2.82 bits per heavy atom. The topological polar surface area (TPSA) is 55.0 Å². The SMILES string of the molecule is COC(=O)c1ccccc1C=Cc1ccn[nH]1. The minimum atomic E-state index is -0.338. The van der Waals surface area contributed by atoms with Crippen LogP contribution in [0.4, 0.5) is 0 Å². The van der Waals surface area contributed by atoms with E-state index in [1.165, 1.54) is 7.11 Å². The number of carbonyl (C=O) groups is 1. The summed E-state index contributed by atoms with van der Waals surface area (Å²) in [4.78, 5) is 11.5. The lowest BCUT2D eigenvalue weighted by atomic mass is 10.1. The second kappa shape index (κ2) is 5.12. The minimum absolute atomic E-state index is 0.338. The van der Waals surface area contributed by atoms with Crippen LogP contribution in [0, 0.1) is 0 Å². The zero-order valence-electron chi connectivity index (χ0n) is 9.38. The maximum Gasteiger partial charge on any atom is 0.338 e. The lowest BCUT2D eigenvalue weighted by Crippen LogP contribution is -2.02. The van der Waals surface area contributed by atoms with Crippen LogP contribution in [0.2, 0.25) is 0 Å². The molecular formula is C13H12N2O2. The molecule has 1 heterocycles. The van der Waals surface area contributed by atoms with E-state index in [-0.39, 0.29) is 5.97 Å². The molecule has 0 spiro atoms. The summed E-state index contributed by atoms with van der Waals surface area (Å²) in [6, 6.07) is 9.12. The van der Waals surface area contributed by atoms with E-state index >= 15 is 0 Å². The highest BCUT2D eigenvalue weighted by molar-refractivity contribution is 5.94. The number of hydrogen-bond acceptors (Lipinski definition) is 3. The van der Waals surface area contributed by atoms with Crippen molar-refractivity contribution < 1.29 is 9.53 Å². The van der Waals surface area contributed by atoms with Gasteiger partial charge in [0, 0.05) is 6.20 Å². The van der Waals surface area contributed by atoms with Crippen LogP contribution in [-0.4, -0.2) is 23.3 Å². The molecule has 0 saturated heterocycles. The van der Waals surface area contributed by atoms with Gasteiger partial charge in [0.2, 0.25) is 0 Å². The fourth-order valence-corrected chi connectivity index (χ4v) is 1.48. The Hall–Kier alpha value is -2.36. The van der Waals surface area contributed by atoms with Crippen molar-refractivity contribution in [3.05, 3.63) is 53.3 Å². The second-order valence-electron chi connectivity index (χ2n) is 3.42. The van der Waals surface area contributed by atoms with Gasteiger partial charge in [-0.1, -0.05) is 24.3 Å². The highest BCUT2D eigenvalue weighted by Gasteiger charge is 2.08. The number of methoxy groups -OCH3 is 1. The molecule has 0 aliphatic heterocycles. The normalized spacial score (nSPS) is 10.6. The van der Waals surface area contributed by atoms with Crippen molar-refractivity contribution in [3.63, 3.8) is 0 Å². The zero-order chi connectivity index (χ0) is 12.1. The van der Waals surface area contributed by atoms with Crippen LogP contribution in [0.3, 0.4) is 0 Å². The molecule has 0 fully saturated rings. The first-order valence-corrected chi connectivity index (χ1v) is 5.16. The molecule has 0 aliphatic carbocycles.